The number of aliphatic imine (C=N–C) groups is 1. The Morgan fingerprint density at radius 2 is 2.00 bits per heavy atom. The zero-order chi connectivity index (χ0) is 19.7. The van der Waals surface area contributed by atoms with Crippen molar-refractivity contribution in [2.24, 2.45) is 4.99 Å². The number of methoxy groups -OCH3 is 1. The van der Waals surface area contributed by atoms with Gasteiger partial charge in [-0.2, -0.15) is 10.5 Å². The predicted molar refractivity (Wildman–Crippen MR) is 92.3 cm³/mol. The van der Waals surface area contributed by atoms with Crippen molar-refractivity contribution in [3.8, 4) is 18.0 Å². The summed E-state index contributed by atoms with van der Waals surface area (Å²) >= 11 is 0. The van der Waals surface area contributed by atoms with Crippen molar-refractivity contribution in [1.29, 1.82) is 10.5 Å². The van der Waals surface area contributed by atoms with Crippen molar-refractivity contribution < 1.29 is 13.5 Å². The Balaban J connectivity index is 2.34. The monoisotopic (exact) mass is 370 g/mol. The van der Waals surface area contributed by atoms with Crippen molar-refractivity contribution in [2.45, 2.75) is 6.04 Å². The van der Waals surface area contributed by atoms with Crippen LogP contribution in [0.4, 0.5) is 26.1 Å². The van der Waals surface area contributed by atoms with E-state index in [9.17, 15) is 14.0 Å². The number of anilines is 3. The highest BCUT2D eigenvalue weighted by molar-refractivity contribution is 5.98. The molecule has 1 unspecified atom stereocenters. The van der Waals surface area contributed by atoms with E-state index in [0.29, 0.717) is 0 Å². The lowest BCUT2D eigenvalue weighted by molar-refractivity contribution is 0.379. The highest BCUT2D eigenvalue weighted by Gasteiger charge is 2.34. The van der Waals surface area contributed by atoms with Gasteiger partial charge in [-0.1, -0.05) is 0 Å². The van der Waals surface area contributed by atoms with Crippen molar-refractivity contribution in [1.82, 2.24) is 10.3 Å². The molecule has 0 aliphatic carbocycles. The van der Waals surface area contributed by atoms with Crippen LogP contribution in [0.2, 0.25) is 0 Å². The van der Waals surface area contributed by atoms with E-state index in [1.54, 1.807) is 12.3 Å². The van der Waals surface area contributed by atoms with Gasteiger partial charge in [0.15, 0.2) is 17.8 Å². The van der Waals surface area contributed by atoms with Gasteiger partial charge in [-0.25, -0.2) is 18.8 Å². The van der Waals surface area contributed by atoms with E-state index in [2.05, 4.69) is 20.6 Å². The highest BCUT2D eigenvalue weighted by atomic mass is 19.1. The number of benzene rings is 1. The van der Waals surface area contributed by atoms with E-state index in [1.807, 2.05) is 0 Å². The van der Waals surface area contributed by atoms with Crippen LogP contribution in [0.15, 0.2) is 17.1 Å². The van der Waals surface area contributed by atoms with Crippen LogP contribution in [0.1, 0.15) is 22.7 Å². The standard InChI is InChI=1S/C16H12F2N8O/c1-27-8-3-2-7(17)9(11(8)18)13-10-12(21)6(4-19)14(22)25-15(10)26-16(24-13)23-5-20/h2-3,13H,1H3,(H6,21,22,23,24,25,26). The topological polar surface area (TPSA) is 158 Å². The summed E-state index contributed by atoms with van der Waals surface area (Å²) in [6.45, 7) is 0. The molecular formula is C16H12F2N8O. The highest BCUT2D eigenvalue weighted by Crippen LogP contribution is 2.43. The molecule has 3 rings (SSSR count). The van der Waals surface area contributed by atoms with Gasteiger partial charge in [0.05, 0.1) is 18.4 Å². The van der Waals surface area contributed by atoms with Gasteiger partial charge in [0.1, 0.15) is 35.1 Å². The summed E-state index contributed by atoms with van der Waals surface area (Å²) in [7, 11) is 1.23. The minimum atomic E-state index is -1.34. The predicted octanol–water partition coefficient (Wildman–Crippen LogP) is 1.35. The number of hydrogen-bond acceptors (Lipinski definition) is 9. The molecule has 6 N–H and O–H groups in total. The van der Waals surface area contributed by atoms with Crippen LogP contribution in [0.25, 0.3) is 0 Å². The maximum atomic E-state index is 14.8. The number of nitriles is 2. The first kappa shape index (κ1) is 17.7. The van der Waals surface area contributed by atoms with Gasteiger partial charge in [-0.3, -0.25) is 5.32 Å². The molecule has 9 nitrogen and oxygen atoms in total. The fourth-order valence-corrected chi connectivity index (χ4v) is 2.75. The van der Waals surface area contributed by atoms with E-state index in [4.69, 9.17) is 21.5 Å². The van der Waals surface area contributed by atoms with Crippen LogP contribution in [0.3, 0.4) is 0 Å². The molecular weight excluding hydrogens is 358 g/mol. The average Bonchev–Trinajstić information content (AvgIpc) is 2.62. The van der Waals surface area contributed by atoms with Gasteiger partial charge < -0.3 is 21.5 Å². The molecule has 0 radical (unpaired) electrons. The van der Waals surface area contributed by atoms with Crippen molar-refractivity contribution >= 4 is 23.3 Å². The van der Waals surface area contributed by atoms with Gasteiger partial charge >= 0.3 is 0 Å². The fourth-order valence-electron chi connectivity index (χ4n) is 2.75. The van der Waals surface area contributed by atoms with Crippen LogP contribution in [0.5, 0.6) is 5.75 Å². The van der Waals surface area contributed by atoms with Crippen LogP contribution in [-0.4, -0.2) is 18.1 Å². The smallest absolute Gasteiger partial charge is 0.211 e. The van der Waals surface area contributed by atoms with Crippen LogP contribution in [-0.2, 0) is 0 Å². The van der Waals surface area contributed by atoms with Crippen molar-refractivity contribution in [3.05, 3.63) is 40.5 Å². The number of nitrogens with zero attached hydrogens (tertiary/aromatic N) is 4. The molecule has 0 bridgehead atoms. The normalized spacial score (nSPS) is 14.9. The summed E-state index contributed by atoms with van der Waals surface area (Å²) in [5.74, 6) is -2.40. The number of nitrogens with one attached hydrogen (secondary N) is 2. The number of halogens is 2. The average molecular weight is 370 g/mol. The van der Waals surface area contributed by atoms with Gasteiger partial charge in [0, 0.05) is 5.56 Å². The molecule has 0 spiro atoms. The first-order valence-electron chi connectivity index (χ1n) is 7.43. The lowest BCUT2D eigenvalue weighted by Gasteiger charge is -2.26. The molecule has 0 saturated heterocycles. The minimum absolute atomic E-state index is 0.0170. The summed E-state index contributed by atoms with van der Waals surface area (Å²) in [4.78, 5) is 8.13. The Morgan fingerprint density at radius 1 is 1.26 bits per heavy atom. The number of aromatic nitrogens is 1. The first-order valence-corrected chi connectivity index (χ1v) is 7.43. The molecule has 1 atom stereocenters. The fraction of sp³-hybridized carbons (Fsp3) is 0.125. The minimum Gasteiger partial charge on any atom is -0.494 e. The Kier molecular flexibility index (Phi) is 4.36. The van der Waals surface area contributed by atoms with E-state index >= 15 is 0 Å². The molecule has 2 heterocycles. The number of guanidine groups is 1. The molecule has 136 valence electrons. The Morgan fingerprint density at radius 3 is 2.63 bits per heavy atom. The maximum Gasteiger partial charge on any atom is 0.211 e. The first-order chi connectivity index (χ1) is 12.9. The summed E-state index contributed by atoms with van der Waals surface area (Å²) in [5.41, 5.74) is 11.0. The molecule has 1 aromatic carbocycles. The van der Waals surface area contributed by atoms with Crippen molar-refractivity contribution in [3.63, 3.8) is 0 Å². The summed E-state index contributed by atoms with van der Waals surface area (Å²) in [6.07, 6.45) is 1.65. The Hall–Kier alpha value is -4.12. The van der Waals surface area contributed by atoms with Gasteiger partial charge in [-0.15, -0.1) is 0 Å². The number of nitrogens with two attached hydrogens (primary N) is 2. The summed E-state index contributed by atoms with van der Waals surface area (Å²) in [5, 5.41) is 23.0. The zero-order valence-electron chi connectivity index (χ0n) is 13.8. The largest absolute Gasteiger partial charge is 0.494 e. The molecule has 0 fully saturated rings. The second-order valence-corrected chi connectivity index (χ2v) is 5.38. The zero-order valence-corrected chi connectivity index (χ0v) is 13.8. The number of hydrogen-bond donors (Lipinski definition) is 4. The van der Waals surface area contributed by atoms with E-state index in [1.165, 1.54) is 7.11 Å². The number of rotatable bonds is 2. The third-order valence-electron chi connectivity index (χ3n) is 3.94. The second-order valence-electron chi connectivity index (χ2n) is 5.38. The second kappa shape index (κ2) is 6.65. The molecule has 0 saturated carbocycles. The quantitative estimate of drug-likeness (QED) is 0.455. The third-order valence-corrected chi connectivity index (χ3v) is 3.94. The molecule has 1 aliphatic heterocycles. The molecule has 1 aliphatic rings. The number of pyridine rings is 1. The number of fused-ring (bicyclic) bond motifs is 1. The summed E-state index contributed by atoms with van der Waals surface area (Å²) < 4.78 is 34.3. The van der Waals surface area contributed by atoms with E-state index in [0.717, 1.165) is 12.1 Å². The molecule has 27 heavy (non-hydrogen) atoms. The Bertz CT molecular complexity index is 1050. The summed E-state index contributed by atoms with van der Waals surface area (Å²) in [6, 6.07) is 2.60. The van der Waals surface area contributed by atoms with Crippen molar-refractivity contribution in [2.75, 3.05) is 23.9 Å². The van der Waals surface area contributed by atoms with Gasteiger partial charge in [-0.05, 0) is 12.1 Å². The molecule has 0 amide bonds. The molecule has 11 heteroatoms. The van der Waals surface area contributed by atoms with Crippen LogP contribution in [0, 0.1) is 34.4 Å². The van der Waals surface area contributed by atoms with Gasteiger partial charge in [0.25, 0.3) is 0 Å². The van der Waals surface area contributed by atoms with Gasteiger partial charge in [0.2, 0.25) is 5.96 Å². The van der Waals surface area contributed by atoms with E-state index < -0.39 is 23.2 Å². The SMILES string of the molecule is COc1ccc(F)c(C2N=C(NC#N)Nc3nc(N)c(C#N)c(N)c32)c1F. The number of ether oxygens (including phenoxy) is 1. The maximum absolute atomic E-state index is 14.8. The lowest BCUT2D eigenvalue weighted by Crippen LogP contribution is -2.33. The lowest BCUT2D eigenvalue weighted by atomic mass is 9.94. The van der Waals surface area contributed by atoms with Crippen LogP contribution < -0.4 is 26.8 Å². The Labute approximate surface area is 151 Å². The molecule has 2 aromatic rings. The molecule has 1 aromatic heterocycles. The number of nitrogen functional groups attached to an aromatic ring is 2. The van der Waals surface area contributed by atoms with Crippen LogP contribution >= 0.6 is 0 Å². The van der Waals surface area contributed by atoms with E-state index in [-0.39, 0.29) is 40.2 Å². The third kappa shape index (κ3) is 2.77.